The van der Waals surface area contributed by atoms with Crippen molar-refractivity contribution in [2.45, 2.75) is 51.5 Å². The fourth-order valence-electron chi connectivity index (χ4n) is 3.67. The first-order valence-electron chi connectivity index (χ1n) is 8.18. The van der Waals surface area contributed by atoms with Gasteiger partial charge in [-0.3, -0.25) is 4.90 Å². The molecule has 2 rings (SSSR count). The van der Waals surface area contributed by atoms with E-state index >= 15 is 0 Å². The molecule has 1 atom stereocenters. The van der Waals surface area contributed by atoms with E-state index in [1.807, 2.05) is 0 Å². The highest BCUT2D eigenvalue weighted by atomic mass is 16.4. The van der Waals surface area contributed by atoms with Gasteiger partial charge in [0.05, 0.1) is 6.04 Å². The molecule has 1 unspecified atom stereocenters. The Morgan fingerprint density at radius 1 is 1.25 bits per heavy atom. The minimum absolute atomic E-state index is 0.110. The molecule has 0 radical (unpaired) electrons. The predicted octanol–water partition coefficient (Wildman–Crippen LogP) is 1.71. The van der Waals surface area contributed by atoms with E-state index in [0.29, 0.717) is 5.84 Å². The van der Waals surface area contributed by atoms with Gasteiger partial charge in [0.25, 0.3) is 0 Å². The van der Waals surface area contributed by atoms with Crippen molar-refractivity contribution in [3.63, 3.8) is 0 Å². The Labute approximate surface area is 122 Å². The van der Waals surface area contributed by atoms with Crippen molar-refractivity contribution in [2.24, 2.45) is 16.8 Å². The van der Waals surface area contributed by atoms with E-state index in [9.17, 15) is 0 Å². The molecule has 0 aromatic carbocycles. The zero-order valence-corrected chi connectivity index (χ0v) is 12.8. The van der Waals surface area contributed by atoms with Crippen LogP contribution in [0.4, 0.5) is 0 Å². The molecular weight excluding hydrogens is 252 g/mol. The maximum atomic E-state index is 8.93. The fourth-order valence-corrected chi connectivity index (χ4v) is 3.67. The number of nitrogens with two attached hydrogens (primary N) is 1. The maximum absolute atomic E-state index is 8.93. The lowest BCUT2D eigenvalue weighted by Crippen LogP contribution is -2.54. The number of hydrogen-bond donors (Lipinski definition) is 2. The van der Waals surface area contributed by atoms with Crippen LogP contribution in [0.5, 0.6) is 0 Å². The number of piperazine rings is 1. The SMILES string of the molecule is CCCC(C(N)=NO)N1CCN(CC2CCCC2)CC1. The molecule has 2 aliphatic rings. The van der Waals surface area contributed by atoms with Gasteiger partial charge in [-0.05, 0) is 25.2 Å². The Morgan fingerprint density at radius 2 is 1.90 bits per heavy atom. The predicted molar refractivity (Wildman–Crippen MR) is 82.1 cm³/mol. The molecule has 0 bridgehead atoms. The van der Waals surface area contributed by atoms with Crippen molar-refractivity contribution in [3.05, 3.63) is 0 Å². The largest absolute Gasteiger partial charge is 0.409 e. The Balaban J connectivity index is 1.79. The summed E-state index contributed by atoms with van der Waals surface area (Å²) in [5.41, 5.74) is 5.85. The Morgan fingerprint density at radius 3 is 2.45 bits per heavy atom. The lowest BCUT2D eigenvalue weighted by molar-refractivity contribution is 0.101. The summed E-state index contributed by atoms with van der Waals surface area (Å²) >= 11 is 0. The monoisotopic (exact) mass is 282 g/mol. The van der Waals surface area contributed by atoms with Crippen molar-refractivity contribution in [1.82, 2.24) is 9.80 Å². The van der Waals surface area contributed by atoms with Crippen molar-refractivity contribution in [3.8, 4) is 0 Å². The van der Waals surface area contributed by atoms with E-state index in [1.165, 1.54) is 32.2 Å². The van der Waals surface area contributed by atoms with E-state index in [-0.39, 0.29) is 6.04 Å². The second kappa shape index (κ2) is 7.84. The van der Waals surface area contributed by atoms with Crippen LogP contribution >= 0.6 is 0 Å². The van der Waals surface area contributed by atoms with Crippen LogP contribution in [0.1, 0.15) is 45.4 Å². The van der Waals surface area contributed by atoms with Crippen molar-refractivity contribution in [2.75, 3.05) is 32.7 Å². The summed E-state index contributed by atoms with van der Waals surface area (Å²) in [4.78, 5) is 4.98. The summed E-state index contributed by atoms with van der Waals surface area (Å²) in [5.74, 6) is 1.30. The lowest BCUT2D eigenvalue weighted by atomic mass is 10.1. The topological polar surface area (TPSA) is 65.1 Å². The van der Waals surface area contributed by atoms with Crippen molar-refractivity contribution < 1.29 is 5.21 Å². The van der Waals surface area contributed by atoms with E-state index < -0.39 is 0 Å². The molecular formula is C15H30N4O. The van der Waals surface area contributed by atoms with Crippen LogP contribution in [0, 0.1) is 5.92 Å². The maximum Gasteiger partial charge on any atom is 0.156 e. The van der Waals surface area contributed by atoms with Crippen molar-refractivity contribution >= 4 is 5.84 Å². The summed E-state index contributed by atoms with van der Waals surface area (Å²) in [6, 6.07) is 0.110. The van der Waals surface area contributed by atoms with Crippen LogP contribution in [-0.2, 0) is 0 Å². The minimum Gasteiger partial charge on any atom is -0.409 e. The van der Waals surface area contributed by atoms with Gasteiger partial charge in [-0.15, -0.1) is 0 Å². The van der Waals surface area contributed by atoms with Crippen LogP contribution in [0.3, 0.4) is 0 Å². The van der Waals surface area contributed by atoms with Gasteiger partial charge in [-0.25, -0.2) is 0 Å². The molecule has 1 aliphatic heterocycles. The smallest absolute Gasteiger partial charge is 0.156 e. The van der Waals surface area contributed by atoms with Crippen molar-refractivity contribution in [1.29, 1.82) is 0 Å². The quantitative estimate of drug-likeness (QED) is 0.337. The summed E-state index contributed by atoms with van der Waals surface area (Å²) < 4.78 is 0. The van der Waals surface area contributed by atoms with Crippen LogP contribution in [0.25, 0.3) is 0 Å². The Hall–Kier alpha value is -0.810. The van der Waals surface area contributed by atoms with Gasteiger partial charge in [0.2, 0.25) is 0 Å². The molecule has 20 heavy (non-hydrogen) atoms. The van der Waals surface area contributed by atoms with Gasteiger partial charge in [0.15, 0.2) is 5.84 Å². The van der Waals surface area contributed by atoms with Gasteiger partial charge < -0.3 is 15.8 Å². The third kappa shape index (κ3) is 4.09. The number of rotatable bonds is 6. The number of oxime groups is 1. The molecule has 0 aromatic heterocycles. The van der Waals surface area contributed by atoms with Gasteiger partial charge >= 0.3 is 0 Å². The Bertz CT molecular complexity index is 307. The van der Waals surface area contributed by atoms with E-state index in [0.717, 1.165) is 44.9 Å². The second-order valence-corrected chi connectivity index (χ2v) is 6.32. The zero-order chi connectivity index (χ0) is 14.4. The van der Waals surface area contributed by atoms with Gasteiger partial charge in [0, 0.05) is 32.7 Å². The van der Waals surface area contributed by atoms with Crippen LogP contribution in [0.15, 0.2) is 5.16 Å². The van der Waals surface area contributed by atoms with Gasteiger partial charge in [0.1, 0.15) is 0 Å². The van der Waals surface area contributed by atoms with Crippen LogP contribution in [0.2, 0.25) is 0 Å². The third-order valence-electron chi connectivity index (χ3n) is 4.86. The number of amidine groups is 1. The molecule has 0 aromatic rings. The average Bonchev–Trinajstić information content (AvgIpc) is 2.98. The average molecular weight is 282 g/mol. The Kier molecular flexibility index (Phi) is 6.10. The zero-order valence-electron chi connectivity index (χ0n) is 12.8. The molecule has 0 spiro atoms. The molecule has 5 nitrogen and oxygen atoms in total. The van der Waals surface area contributed by atoms with E-state index in [2.05, 4.69) is 21.9 Å². The normalized spacial score (nSPS) is 25.1. The summed E-state index contributed by atoms with van der Waals surface area (Å²) in [6.45, 7) is 7.73. The molecule has 0 amide bonds. The first-order valence-corrected chi connectivity index (χ1v) is 8.18. The highest BCUT2D eigenvalue weighted by Crippen LogP contribution is 2.26. The molecule has 2 fully saturated rings. The second-order valence-electron chi connectivity index (χ2n) is 6.32. The molecule has 1 saturated carbocycles. The molecule has 1 heterocycles. The lowest BCUT2D eigenvalue weighted by Gasteiger charge is -2.39. The van der Waals surface area contributed by atoms with Gasteiger partial charge in [-0.1, -0.05) is 31.3 Å². The molecule has 1 aliphatic carbocycles. The fraction of sp³-hybridized carbons (Fsp3) is 0.933. The molecule has 1 saturated heterocycles. The molecule has 3 N–H and O–H groups in total. The highest BCUT2D eigenvalue weighted by molar-refractivity contribution is 5.85. The highest BCUT2D eigenvalue weighted by Gasteiger charge is 2.27. The standard InChI is InChI=1S/C15H30N4O/c1-2-5-14(15(16)17-20)19-10-8-18(9-11-19)12-13-6-3-4-7-13/h13-14,20H,2-12H2,1H3,(H2,16,17). The summed E-state index contributed by atoms with van der Waals surface area (Å²) in [7, 11) is 0. The summed E-state index contributed by atoms with van der Waals surface area (Å²) in [6.07, 6.45) is 7.71. The van der Waals surface area contributed by atoms with Crippen LogP contribution in [-0.4, -0.2) is 59.6 Å². The molecule has 5 heteroatoms. The van der Waals surface area contributed by atoms with Gasteiger partial charge in [-0.2, -0.15) is 0 Å². The minimum atomic E-state index is 0.110. The van der Waals surface area contributed by atoms with Crippen LogP contribution < -0.4 is 5.73 Å². The van der Waals surface area contributed by atoms with E-state index in [1.54, 1.807) is 0 Å². The first-order chi connectivity index (χ1) is 9.74. The number of hydrogen-bond acceptors (Lipinski definition) is 4. The number of nitrogens with zero attached hydrogens (tertiary/aromatic N) is 3. The first kappa shape index (κ1) is 15.6. The van der Waals surface area contributed by atoms with E-state index in [4.69, 9.17) is 10.9 Å². The summed E-state index contributed by atoms with van der Waals surface area (Å²) in [5, 5.41) is 12.2. The third-order valence-corrected chi connectivity index (χ3v) is 4.86. The molecule has 116 valence electrons.